The first-order chi connectivity index (χ1) is 15.1. The maximum atomic E-state index is 14.9. The monoisotopic (exact) mass is 444 g/mol. The zero-order valence-corrected chi connectivity index (χ0v) is 18.5. The van der Waals surface area contributed by atoms with Crippen molar-refractivity contribution in [1.82, 2.24) is 10.3 Å². The summed E-state index contributed by atoms with van der Waals surface area (Å²) in [4.78, 5) is 15.5. The van der Waals surface area contributed by atoms with E-state index < -0.39 is 11.5 Å². The summed E-state index contributed by atoms with van der Waals surface area (Å²) in [5, 5.41) is 2.68. The Morgan fingerprint density at radius 2 is 2.03 bits per heavy atom. The molecule has 1 amide bonds. The lowest BCUT2D eigenvalue weighted by Crippen LogP contribution is -2.35. The van der Waals surface area contributed by atoms with Crippen molar-refractivity contribution >= 4 is 17.0 Å². The van der Waals surface area contributed by atoms with Crippen LogP contribution >= 0.6 is 0 Å². The number of nitrogens with one attached hydrogen (secondary N) is 1. The zero-order chi connectivity index (χ0) is 23.0. The number of alkyl halides is 1. The van der Waals surface area contributed by atoms with Gasteiger partial charge in [0.15, 0.2) is 11.3 Å². The number of benzene rings is 2. The number of carbonyl (C=O) groups is 1. The van der Waals surface area contributed by atoms with Crippen LogP contribution in [0.2, 0.25) is 0 Å². The molecule has 6 nitrogen and oxygen atoms in total. The summed E-state index contributed by atoms with van der Waals surface area (Å²) in [5.74, 6) is 0.0683. The number of ether oxygens (including phenoxy) is 2. The predicted octanol–water partition coefficient (Wildman–Crippen LogP) is 4.97. The smallest absolute Gasteiger partial charge is 0.227 e. The molecular weight excluding hydrogens is 418 g/mol. The fourth-order valence-electron chi connectivity index (χ4n) is 3.57. The first-order valence-corrected chi connectivity index (χ1v) is 10.6. The number of hydrogen-bond donors (Lipinski definition) is 1. The third-order valence-electron chi connectivity index (χ3n) is 5.60. The minimum Gasteiger partial charge on any atom is -0.493 e. The SMILES string of the molecule is CC(=O)N[C@@H](C)COc1ccc2nc(-c3ccc(OCC4CC4(C)F)c(C)c3)oc2c1F. The van der Waals surface area contributed by atoms with E-state index >= 15 is 0 Å². The van der Waals surface area contributed by atoms with Crippen molar-refractivity contribution in [3.05, 3.63) is 41.7 Å². The quantitative estimate of drug-likeness (QED) is 0.531. The summed E-state index contributed by atoms with van der Waals surface area (Å²) in [6, 6.07) is 8.24. The van der Waals surface area contributed by atoms with E-state index in [1.54, 1.807) is 32.0 Å². The van der Waals surface area contributed by atoms with E-state index in [4.69, 9.17) is 13.9 Å². The number of oxazole rings is 1. The standard InChI is InChI=1S/C24H26F2N2O4/c1-13-9-16(5-7-19(13)31-12-17-10-24(17,4)26)23-28-18-6-8-20(21(25)22(18)32-23)30-11-14(2)27-15(3)29/h5-9,14,17H,10-12H2,1-4H3,(H,27,29)/t14-,17?,24?/m0/s1. The largest absolute Gasteiger partial charge is 0.493 e. The van der Waals surface area contributed by atoms with Crippen molar-refractivity contribution in [3.8, 4) is 23.0 Å². The highest BCUT2D eigenvalue weighted by molar-refractivity contribution is 5.78. The van der Waals surface area contributed by atoms with Gasteiger partial charge in [-0.05, 0) is 63.1 Å². The number of aryl methyl sites for hydroxylation is 1. The highest BCUT2D eigenvalue weighted by atomic mass is 19.1. The Hall–Kier alpha value is -3.16. The Kier molecular flexibility index (Phi) is 5.79. The van der Waals surface area contributed by atoms with Gasteiger partial charge in [-0.15, -0.1) is 0 Å². The van der Waals surface area contributed by atoms with Gasteiger partial charge in [-0.2, -0.15) is 4.39 Å². The molecule has 1 aliphatic carbocycles. The van der Waals surface area contributed by atoms with Crippen molar-refractivity contribution in [1.29, 1.82) is 0 Å². The molecule has 8 heteroatoms. The number of nitrogens with zero attached hydrogens (tertiary/aromatic N) is 1. The van der Waals surface area contributed by atoms with Crippen molar-refractivity contribution in [2.24, 2.45) is 5.92 Å². The molecule has 1 aromatic heterocycles. The maximum absolute atomic E-state index is 14.9. The van der Waals surface area contributed by atoms with Gasteiger partial charge in [0.1, 0.15) is 23.5 Å². The van der Waals surface area contributed by atoms with E-state index in [1.807, 2.05) is 13.0 Å². The molecule has 0 bridgehead atoms. The number of aromatic nitrogens is 1. The van der Waals surface area contributed by atoms with Gasteiger partial charge < -0.3 is 19.2 Å². The van der Waals surface area contributed by atoms with Crippen LogP contribution in [-0.2, 0) is 4.79 Å². The summed E-state index contributed by atoms with van der Waals surface area (Å²) in [5.41, 5.74) is 0.768. The summed E-state index contributed by atoms with van der Waals surface area (Å²) >= 11 is 0. The Morgan fingerprint density at radius 1 is 1.31 bits per heavy atom. The molecule has 2 aromatic carbocycles. The van der Waals surface area contributed by atoms with E-state index in [2.05, 4.69) is 10.3 Å². The molecule has 1 fully saturated rings. The number of halogens is 2. The molecule has 0 spiro atoms. The maximum Gasteiger partial charge on any atom is 0.227 e. The molecule has 3 atom stereocenters. The average molecular weight is 444 g/mol. The van der Waals surface area contributed by atoms with Gasteiger partial charge in [-0.3, -0.25) is 4.79 Å². The Bertz CT molecular complexity index is 1160. The van der Waals surface area contributed by atoms with Crippen LogP contribution in [0.4, 0.5) is 8.78 Å². The minimum atomic E-state index is -1.12. The lowest BCUT2D eigenvalue weighted by Gasteiger charge is -2.14. The number of rotatable bonds is 8. The average Bonchev–Trinajstić information content (AvgIpc) is 3.12. The van der Waals surface area contributed by atoms with Crippen LogP contribution in [0.3, 0.4) is 0 Å². The summed E-state index contributed by atoms with van der Waals surface area (Å²) in [6.45, 7) is 7.10. The third-order valence-corrected chi connectivity index (χ3v) is 5.60. The second kappa shape index (κ2) is 8.41. The molecule has 0 saturated heterocycles. The topological polar surface area (TPSA) is 73.6 Å². The van der Waals surface area contributed by atoms with Crippen LogP contribution in [-0.4, -0.2) is 35.8 Å². The van der Waals surface area contributed by atoms with Crippen LogP contribution in [0.15, 0.2) is 34.7 Å². The lowest BCUT2D eigenvalue weighted by atomic mass is 10.1. The lowest BCUT2D eigenvalue weighted by molar-refractivity contribution is -0.119. The number of carbonyl (C=O) groups excluding carboxylic acids is 1. The molecule has 170 valence electrons. The normalized spacial score (nSPS) is 20.8. The van der Waals surface area contributed by atoms with Crippen LogP contribution in [0.1, 0.15) is 32.8 Å². The molecule has 3 aromatic rings. The van der Waals surface area contributed by atoms with Crippen molar-refractivity contribution in [3.63, 3.8) is 0 Å². The van der Waals surface area contributed by atoms with Gasteiger partial charge in [0.05, 0.1) is 12.6 Å². The van der Waals surface area contributed by atoms with Gasteiger partial charge in [0, 0.05) is 18.4 Å². The molecule has 1 saturated carbocycles. The predicted molar refractivity (Wildman–Crippen MR) is 116 cm³/mol. The molecule has 2 unspecified atom stereocenters. The molecule has 32 heavy (non-hydrogen) atoms. The van der Waals surface area contributed by atoms with Crippen LogP contribution in [0.25, 0.3) is 22.6 Å². The van der Waals surface area contributed by atoms with E-state index in [1.165, 1.54) is 13.0 Å². The Balaban J connectivity index is 1.49. The highest BCUT2D eigenvalue weighted by Crippen LogP contribution is 2.47. The second-order valence-electron chi connectivity index (χ2n) is 8.63. The Labute approximate surface area is 184 Å². The third kappa shape index (κ3) is 4.69. The van der Waals surface area contributed by atoms with Gasteiger partial charge in [0.2, 0.25) is 17.6 Å². The molecule has 0 aliphatic heterocycles. The second-order valence-corrected chi connectivity index (χ2v) is 8.63. The minimum absolute atomic E-state index is 0.00127. The van der Waals surface area contributed by atoms with Crippen molar-refractivity contribution in [2.45, 2.75) is 45.8 Å². The van der Waals surface area contributed by atoms with E-state index in [-0.39, 0.29) is 41.7 Å². The van der Waals surface area contributed by atoms with Gasteiger partial charge >= 0.3 is 0 Å². The zero-order valence-electron chi connectivity index (χ0n) is 18.5. The van der Waals surface area contributed by atoms with Crippen LogP contribution in [0, 0.1) is 18.7 Å². The molecule has 1 N–H and O–H groups in total. The van der Waals surface area contributed by atoms with E-state index in [0.717, 1.165) is 5.56 Å². The molecule has 4 rings (SSSR count). The van der Waals surface area contributed by atoms with Crippen LogP contribution in [0.5, 0.6) is 11.5 Å². The number of hydrogen-bond acceptors (Lipinski definition) is 5. The number of fused-ring (bicyclic) bond motifs is 1. The fraction of sp³-hybridized carbons (Fsp3) is 0.417. The van der Waals surface area contributed by atoms with Gasteiger partial charge in [-0.1, -0.05) is 0 Å². The molecule has 0 radical (unpaired) electrons. The first kappa shape index (κ1) is 22.0. The molecule has 1 heterocycles. The van der Waals surface area contributed by atoms with E-state index in [0.29, 0.717) is 29.9 Å². The van der Waals surface area contributed by atoms with Gasteiger partial charge in [0.25, 0.3) is 0 Å². The summed E-state index contributed by atoms with van der Waals surface area (Å²) < 4.78 is 45.6. The fourth-order valence-corrected chi connectivity index (χ4v) is 3.57. The van der Waals surface area contributed by atoms with Gasteiger partial charge in [-0.25, -0.2) is 9.37 Å². The highest BCUT2D eigenvalue weighted by Gasteiger charge is 2.51. The summed E-state index contributed by atoms with van der Waals surface area (Å²) in [7, 11) is 0. The van der Waals surface area contributed by atoms with Crippen LogP contribution < -0.4 is 14.8 Å². The first-order valence-electron chi connectivity index (χ1n) is 10.6. The summed E-state index contributed by atoms with van der Waals surface area (Å²) in [6.07, 6.45) is 0.524. The van der Waals surface area contributed by atoms with Crippen molar-refractivity contribution in [2.75, 3.05) is 13.2 Å². The molecule has 1 aliphatic rings. The van der Waals surface area contributed by atoms with Crippen molar-refractivity contribution < 1.29 is 27.5 Å². The van der Waals surface area contributed by atoms with E-state index in [9.17, 15) is 13.6 Å². The molecular formula is C24H26F2N2O4. The Morgan fingerprint density at radius 3 is 2.69 bits per heavy atom. The number of amides is 1.